The molecule has 1 amide bonds. The predicted molar refractivity (Wildman–Crippen MR) is 162 cm³/mol. The van der Waals surface area contributed by atoms with E-state index in [0.29, 0.717) is 6.42 Å². The smallest absolute Gasteiger partial charge is 0.249 e. The second kappa shape index (κ2) is 29.1. The van der Waals surface area contributed by atoms with Crippen molar-refractivity contribution in [2.75, 3.05) is 6.61 Å². The van der Waals surface area contributed by atoms with Gasteiger partial charge in [0.05, 0.1) is 18.8 Å². The van der Waals surface area contributed by atoms with E-state index >= 15 is 0 Å². The van der Waals surface area contributed by atoms with Crippen LogP contribution in [0.3, 0.4) is 0 Å². The first-order valence-corrected chi connectivity index (χ1v) is 16.5. The number of carbonyl (C=O) groups excluding carboxylic acids is 1. The Kier molecular flexibility index (Phi) is 28.4. The molecule has 0 aromatic carbocycles. The van der Waals surface area contributed by atoms with E-state index in [0.717, 1.165) is 32.1 Å². The zero-order valence-corrected chi connectivity index (χ0v) is 25.3. The molecule has 0 saturated heterocycles. The molecule has 0 aromatic heterocycles. The van der Waals surface area contributed by atoms with Crippen molar-refractivity contribution >= 4 is 5.91 Å². The molecule has 0 bridgehead atoms. The van der Waals surface area contributed by atoms with Gasteiger partial charge in [-0.15, -0.1) is 0 Å². The summed E-state index contributed by atoms with van der Waals surface area (Å²) in [5.74, 6) is -0.505. The van der Waals surface area contributed by atoms with Crippen molar-refractivity contribution in [1.29, 1.82) is 0 Å². The Bertz CT molecular complexity index is 525. The van der Waals surface area contributed by atoms with Crippen molar-refractivity contribution in [3.8, 4) is 0 Å². The lowest BCUT2D eigenvalue weighted by molar-refractivity contribution is -0.131. The standard InChI is InChI=1S/C33H65NO4/c1-3-5-7-9-11-13-15-17-19-21-23-25-27-31(36)30(29-35)34-33(38)32(37)28-26-24-22-20-18-16-14-12-10-8-6-4-2/h25,27,30-32,35-37H,3-24,26,28-29H2,1-2H3,(H,34,38)/b27-25+. The Labute approximate surface area is 236 Å². The number of aliphatic hydroxyl groups is 3. The van der Waals surface area contributed by atoms with Crippen LogP contribution in [-0.2, 0) is 4.79 Å². The molecule has 0 spiro atoms. The maximum absolute atomic E-state index is 12.3. The van der Waals surface area contributed by atoms with Gasteiger partial charge in [0.25, 0.3) is 0 Å². The first-order valence-electron chi connectivity index (χ1n) is 16.5. The minimum absolute atomic E-state index is 0.360. The number of amides is 1. The minimum atomic E-state index is -1.09. The number of carbonyl (C=O) groups is 1. The van der Waals surface area contributed by atoms with E-state index in [-0.39, 0.29) is 6.61 Å². The molecule has 0 aliphatic heterocycles. The number of hydrogen-bond acceptors (Lipinski definition) is 4. The van der Waals surface area contributed by atoms with Crippen molar-refractivity contribution in [3.05, 3.63) is 12.2 Å². The SMILES string of the molecule is CCCCCCCCCCCC/C=C/C(O)C(CO)NC(=O)C(O)CCCCCCCCCCCCCC. The van der Waals surface area contributed by atoms with Crippen LogP contribution >= 0.6 is 0 Å². The molecule has 0 rings (SSSR count). The summed E-state index contributed by atoms with van der Waals surface area (Å²) in [5, 5.41) is 32.8. The lowest BCUT2D eigenvalue weighted by Crippen LogP contribution is -2.48. The maximum atomic E-state index is 12.3. The number of rotatable bonds is 29. The molecule has 5 heteroatoms. The molecular weight excluding hydrogens is 474 g/mol. The number of allylic oxidation sites excluding steroid dienone is 1. The highest BCUT2D eigenvalue weighted by Crippen LogP contribution is 2.14. The summed E-state index contributed by atoms with van der Waals surface area (Å²) in [4.78, 5) is 12.3. The van der Waals surface area contributed by atoms with Crippen LogP contribution in [0, 0.1) is 0 Å². The Morgan fingerprint density at radius 3 is 1.45 bits per heavy atom. The highest BCUT2D eigenvalue weighted by molar-refractivity contribution is 5.80. The number of nitrogens with one attached hydrogen (secondary N) is 1. The van der Waals surface area contributed by atoms with Crippen LogP contribution in [0.15, 0.2) is 12.2 Å². The Balaban J connectivity index is 3.79. The van der Waals surface area contributed by atoms with Crippen LogP contribution in [-0.4, -0.2) is 46.1 Å². The zero-order valence-electron chi connectivity index (χ0n) is 25.3. The fourth-order valence-electron chi connectivity index (χ4n) is 4.95. The summed E-state index contributed by atoms with van der Waals surface area (Å²) in [5.41, 5.74) is 0. The Morgan fingerprint density at radius 1 is 0.632 bits per heavy atom. The second-order valence-electron chi connectivity index (χ2n) is 11.4. The van der Waals surface area contributed by atoms with Crippen LogP contribution in [0.25, 0.3) is 0 Å². The first kappa shape index (κ1) is 37.1. The number of aliphatic hydroxyl groups excluding tert-OH is 3. The van der Waals surface area contributed by atoms with Crippen molar-refractivity contribution in [2.45, 2.75) is 186 Å². The van der Waals surface area contributed by atoms with Gasteiger partial charge in [-0.3, -0.25) is 4.79 Å². The molecule has 0 fully saturated rings. The molecule has 4 N–H and O–H groups in total. The van der Waals surface area contributed by atoms with Crippen LogP contribution < -0.4 is 5.32 Å². The molecule has 0 aromatic rings. The van der Waals surface area contributed by atoms with Crippen LogP contribution in [0.5, 0.6) is 0 Å². The van der Waals surface area contributed by atoms with E-state index in [4.69, 9.17) is 0 Å². The molecule has 226 valence electrons. The van der Waals surface area contributed by atoms with Gasteiger partial charge in [0.1, 0.15) is 6.10 Å². The molecule has 0 heterocycles. The minimum Gasteiger partial charge on any atom is -0.394 e. The van der Waals surface area contributed by atoms with Gasteiger partial charge in [-0.25, -0.2) is 0 Å². The predicted octanol–water partition coefficient (Wildman–Crippen LogP) is 8.14. The van der Waals surface area contributed by atoms with Gasteiger partial charge < -0.3 is 20.6 Å². The van der Waals surface area contributed by atoms with Crippen molar-refractivity contribution < 1.29 is 20.1 Å². The zero-order chi connectivity index (χ0) is 28.1. The summed E-state index contributed by atoms with van der Waals surface area (Å²) in [7, 11) is 0. The summed E-state index contributed by atoms with van der Waals surface area (Å²) >= 11 is 0. The van der Waals surface area contributed by atoms with Gasteiger partial charge in [0, 0.05) is 0 Å². The third-order valence-electron chi connectivity index (χ3n) is 7.63. The lowest BCUT2D eigenvalue weighted by atomic mass is 10.0. The summed E-state index contributed by atoms with van der Waals surface area (Å²) in [6.07, 6.45) is 30.7. The molecule has 0 radical (unpaired) electrons. The molecule has 3 atom stereocenters. The third kappa shape index (κ3) is 24.2. The topological polar surface area (TPSA) is 89.8 Å². The monoisotopic (exact) mass is 539 g/mol. The van der Waals surface area contributed by atoms with Gasteiger partial charge in [-0.1, -0.05) is 161 Å². The van der Waals surface area contributed by atoms with E-state index < -0.39 is 24.2 Å². The maximum Gasteiger partial charge on any atom is 0.249 e. The third-order valence-corrected chi connectivity index (χ3v) is 7.63. The van der Waals surface area contributed by atoms with E-state index in [1.54, 1.807) is 6.08 Å². The fourth-order valence-corrected chi connectivity index (χ4v) is 4.95. The molecule has 5 nitrogen and oxygen atoms in total. The van der Waals surface area contributed by atoms with Crippen molar-refractivity contribution in [3.63, 3.8) is 0 Å². The van der Waals surface area contributed by atoms with Crippen LogP contribution in [0.2, 0.25) is 0 Å². The van der Waals surface area contributed by atoms with E-state index in [1.807, 2.05) is 6.08 Å². The number of hydrogen-bond donors (Lipinski definition) is 4. The molecule has 38 heavy (non-hydrogen) atoms. The molecule has 0 saturated carbocycles. The van der Waals surface area contributed by atoms with Gasteiger partial charge in [0.15, 0.2) is 0 Å². The average molecular weight is 540 g/mol. The second-order valence-corrected chi connectivity index (χ2v) is 11.4. The molecule has 0 aliphatic carbocycles. The fraction of sp³-hybridized carbons (Fsp3) is 0.909. The van der Waals surface area contributed by atoms with E-state index in [9.17, 15) is 20.1 Å². The summed E-state index contributed by atoms with van der Waals surface area (Å²) < 4.78 is 0. The van der Waals surface area contributed by atoms with Crippen LogP contribution in [0.1, 0.15) is 168 Å². The Hall–Kier alpha value is -0.910. The largest absolute Gasteiger partial charge is 0.394 e. The Morgan fingerprint density at radius 2 is 1.03 bits per heavy atom. The average Bonchev–Trinajstić information content (AvgIpc) is 2.92. The highest BCUT2D eigenvalue weighted by Gasteiger charge is 2.22. The van der Waals surface area contributed by atoms with Gasteiger partial charge in [-0.2, -0.15) is 0 Å². The summed E-state index contributed by atoms with van der Waals surface area (Å²) in [6, 6.07) is -0.789. The number of unbranched alkanes of at least 4 members (excludes halogenated alkanes) is 21. The van der Waals surface area contributed by atoms with Crippen molar-refractivity contribution in [2.24, 2.45) is 0 Å². The van der Waals surface area contributed by atoms with E-state index in [2.05, 4.69) is 19.2 Å². The quantitative estimate of drug-likeness (QED) is 0.0570. The van der Waals surface area contributed by atoms with Crippen LogP contribution in [0.4, 0.5) is 0 Å². The molecular formula is C33H65NO4. The first-order chi connectivity index (χ1) is 18.6. The van der Waals surface area contributed by atoms with Gasteiger partial charge in [0.2, 0.25) is 5.91 Å². The molecule has 3 unspecified atom stereocenters. The molecule has 0 aliphatic rings. The van der Waals surface area contributed by atoms with Gasteiger partial charge >= 0.3 is 0 Å². The highest BCUT2D eigenvalue weighted by atomic mass is 16.3. The lowest BCUT2D eigenvalue weighted by Gasteiger charge is -2.21. The normalized spacial score (nSPS) is 14.1. The van der Waals surface area contributed by atoms with Gasteiger partial charge in [-0.05, 0) is 19.3 Å². The van der Waals surface area contributed by atoms with Crippen molar-refractivity contribution in [1.82, 2.24) is 5.32 Å². The summed E-state index contributed by atoms with van der Waals surface area (Å²) in [6.45, 7) is 4.14. The van der Waals surface area contributed by atoms with E-state index in [1.165, 1.54) is 116 Å².